The van der Waals surface area contributed by atoms with Gasteiger partial charge in [0.2, 0.25) is 10.0 Å². The van der Waals surface area contributed by atoms with E-state index in [2.05, 4.69) is 4.90 Å². The van der Waals surface area contributed by atoms with E-state index in [1.807, 2.05) is 0 Å². The monoisotopic (exact) mass is 380 g/mol. The number of rotatable bonds is 5. The summed E-state index contributed by atoms with van der Waals surface area (Å²) in [7, 11) is -3.62. The maximum Gasteiger partial charge on any atom is 0.335 e. The number of likely N-dealkylation sites (tertiary alicyclic amines) is 1. The van der Waals surface area contributed by atoms with Gasteiger partial charge in [0.1, 0.15) is 0 Å². The summed E-state index contributed by atoms with van der Waals surface area (Å²) in [5, 5.41) is 9.08. The number of hydrogen-bond acceptors (Lipinski definition) is 4. The van der Waals surface area contributed by atoms with Gasteiger partial charge >= 0.3 is 5.97 Å². The number of hydrogen-bond donors (Lipinski definition) is 1. The first-order valence-corrected chi connectivity index (χ1v) is 11.0. The van der Waals surface area contributed by atoms with E-state index in [1.165, 1.54) is 67.3 Å². The highest BCUT2D eigenvalue weighted by Crippen LogP contribution is 2.25. The van der Waals surface area contributed by atoms with Crippen molar-refractivity contribution in [2.24, 2.45) is 5.92 Å². The molecule has 0 bridgehead atoms. The molecule has 7 heteroatoms. The van der Waals surface area contributed by atoms with Crippen molar-refractivity contribution in [3.05, 3.63) is 29.8 Å². The van der Waals surface area contributed by atoms with Crippen molar-refractivity contribution in [2.45, 2.75) is 43.4 Å². The minimum Gasteiger partial charge on any atom is -0.478 e. The van der Waals surface area contributed by atoms with Gasteiger partial charge in [-0.3, -0.25) is 0 Å². The lowest BCUT2D eigenvalue weighted by Gasteiger charge is -2.34. The smallest absolute Gasteiger partial charge is 0.335 e. The molecule has 0 aromatic heterocycles. The van der Waals surface area contributed by atoms with Crippen LogP contribution in [0.1, 0.15) is 48.9 Å². The van der Waals surface area contributed by atoms with Crippen molar-refractivity contribution in [1.82, 2.24) is 9.21 Å². The van der Waals surface area contributed by atoms with Gasteiger partial charge in [0.15, 0.2) is 0 Å². The Labute approximate surface area is 155 Å². The van der Waals surface area contributed by atoms with E-state index in [4.69, 9.17) is 5.11 Å². The Morgan fingerprint density at radius 3 is 2.31 bits per heavy atom. The average Bonchev–Trinajstić information content (AvgIpc) is 2.91. The normalized spacial score (nSPS) is 21.4. The lowest BCUT2D eigenvalue weighted by molar-refractivity contribution is 0.0696. The molecule has 0 saturated carbocycles. The molecule has 0 unspecified atom stereocenters. The molecule has 0 aliphatic carbocycles. The lowest BCUT2D eigenvalue weighted by atomic mass is 9.97. The average molecular weight is 381 g/mol. The molecule has 2 aliphatic heterocycles. The molecule has 1 aromatic carbocycles. The molecule has 1 N–H and O–H groups in total. The van der Waals surface area contributed by atoms with Gasteiger partial charge in [0.25, 0.3) is 0 Å². The second-order valence-electron chi connectivity index (χ2n) is 7.40. The van der Waals surface area contributed by atoms with Gasteiger partial charge in [-0.2, -0.15) is 4.31 Å². The fourth-order valence-electron chi connectivity index (χ4n) is 3.95. The third kappa shape index (κ3) is 4.64. The molecular formula is C19H28N2O4S. The van der Waals surface area contributed by atoms with E-state index in [-0.39, 0.29) is 10.5 Å². The Morgan fingerprint density at radius 1 is 1.04 bits per heavy atom. The Balaban J connectivity index is 1.59. The first-order chi connectivity index (χ1) is 12.5. The van der Waals surface area contributed by atoms with Crippen molar-refractivity contribution in [2.75, 3.05) is 32.7 Å². The fourth-order valence-corrected chi connectivity index (χ4v) is 5.47. The zero-order valence-corrected chi connectivity index (χ0v) is 16.0. The number of aromatic carboxylic acids is 1. The minimum atomic E-state index is -3.62. The zero-order chi connectivity index (χ0) is 18.6. The standard InChI is InChI=1S/C19H28N2O4S/c22-19(23)17-6-5-7-18(14-17)26(24,25)21-12-8-16(9-13-21)15-20-10-3-1-2-4-11-20/h5-7,14,16H,1-4,8-13,15H2,(H,22,23). The molecule has 2 aliphatic rings. The molecular weight excluding hydrogens is 352 g/mol. The molecule has 0 radical (unpaired) electrons. The predicted octanol–water partition coefficient (Wildman–Crippen LogP) is 2.66. The second kappa shape index (κ2) is 8.50. The first-order valence-electron chi connectivity index (χ1n) is 9.53. The summed E-state index contributed by atoms with van der Waals surface area (Å²) < 4.78 is 27.2. The summed E-state index contributed by atoms with van der Waals surface area (Å²) in [6.07, 6.45) is 6.92. The van der Waals surface area contributed by atoms with Crippen LogP contribution in [-0.4, -0.2) is 61.4 Å². The molecule has 1 aromatic rings. The number of sulfonamides is 1. The molecule has 144 valence electrons. The maximum absolute atomic E-state index is 12.8. The van der Waals surface area contributed by atoms with Crippen LogP contribution in [0.5, 0.6) is 0 Å². The topological polar surface area (TPSA) is 77.9 Å². The third-order valence-electron chi connectivity index (χ3n) is 5.51. The van der Waals surface area contributed by atoms with Crippen molar-refractivity contribution < 1.29 is 18.3 Å². The van der Waals surface area contributed by atoms with Crippen LogP contribution in [0, 0.1) is 5.92 Å². The Bertz CT molecular complexity index is 719. The van der Waals surface area contributed by atoms with E-state index in [0.29, 0.717) is 19.0 Å². The second-order valence-corrected chi connectivity index (χ2v) is 9.33. The summed E-state index contributed by atoms with van der Waals surface area (Å²) in [4.78, 5) is 13.7. The van der Waals surface area contributed by atoms with E-state index in [0.717, 1.165) is 19.4 Å². The number of carbonyl (C=O) groups is 1. The minimum absolute atomic E-state index is 0.00197. The molecule has 26 heavy (non-hydrogen) atoms. The molecule has 0 amide bonds. The largest absolute Gasteiger partial charge is 0.478 e. The van der Waals surface area contributed by atoms with Crippen molar-refractivity contribution >= 4 is 16.0 Å². The first kappa shape index (κ1) is 19.3. The molecule has 2 heterocycles. The van der Waals surface area contributed by atoms with Gasteiger partial charge in [-0.1, -0.05) is 18.9 Å². The van der Waals surface area contributed by atoms with Gasteiger partial charge in [0.05, 0.1) is 10.5 Å². The summed E-state index contributed by atoms with van der Waals surface area (Å²) >= 11 is 0. The number of piperidine rings is 1. The Morgan fingerprint density at radius 2 is 1.69 bits per heavy atom. The lowest BCUT2D eigenvalue weighted by Crippen LogP contribution is -2.41. The van der Waals surface area contributed by atoms with Gasteiger partial charge in [-0.05, 0) is 62.9 Å². The molecule has 0 atom stereocenters. The van der Waals surface area contributed by atoms with E-state index in [9.17, 15) is 13.2 Å². The van der Waals surface area contributed by atoms with Crippen molar-refractivity contribution in [1.29, 1.82) is 0 Å². The van der Waals surface area contributed by atoms with Crippen LogP contribution in [0.3, 0.4) is 0 Å². The van der Waals surface area contributed by atoms with E-state index < -0.39 is 16.0 Å². The molecule has 2 fully saturated rings. The van der Waals surface area contributed by atoms with Crippen LogP contribution in [0.2, 0.25) is 0 Å². The number of carboxylic acids is 1. The highest BCUT2D eigenvalue weighted by atomic mass is 32.2. The van der Waals surface area contributed by atoms with E-state index >= 15 is 0 Å². The molecule has 0 spiro atoms. The highest BCUT2D eigenvalue weighted by Gasteiger charge is 2.30. The van der Waals surface area contributed by atoms with Crippen LogP contribution in [-0.2, 0) is 10.0 Å². The highest BCUT2D eigenvalue weighted by molar-refractivity contribution is 7.89. The third-order valence-corrected chi connectivity index (χ3v) is 7.40. The number of nitrogens with zero attached hydrogens (tertiary/aromatic N) is 2. The Kier molecular flexibility index (Phi) is 6.32. The van der Waals surface area contributed by atoms with Gasteiger partial charge < -0.3 is 10.0 Å². The number of carboxylic acid groups (broad SMARTS) is 1. The van der Waals surface area contributed by atoms with Crippen molar-refractivity contribution in [3.63, 3.8) is 0 Å². The summed E-state index contributed by atoms with van der Waals surface area (Å²) in [6.45, 7) is 4.43. The summed E-state index contributed by atoms with van der Waals surface area (Å²) in [5.41, 5.74) is 0.00197. The quantitative estimate of drug-likeness (QED) is 0.850. The van der Waals surface area contributed by atoms with Crippen LogP contribution >= 0.6 is 0 Å². The fraction of sp³-hybridized carbons (Fsp3) is 0.632. The van der Waals surface area contributed by atoms with Gasteiger partial charge in [-0.15, -0.1) is 0 Å². The summed E-state index contributed by atoms with van der Waals surface area (Å²) in [6, 6.07) is 5.63. The van der Waals surface area contributed by atoms with Crippen LogP contribution in [0.15, 0.2) is 29.2 Å². The Hall–Kier alpha value is -1.44. The van der Waals surface area contributed by atoms with Crippen molar-refractivity contribution in [3.8, 4) is 0 Å². The van der Waals surface area contributed by atoms with Crippen LogP contribution in [0.4, 0.5) is 0 Å². The molecule has 2 saturated heterocycles. The van der Waals surface area contributed by atoms with Gasteiger partial charge in [-0.25, -0.2) is 13.2 Å². The van der Waals surface area contributed by atoms with Crippen LogP contribution < -0.4 is 0 Å². The number of benzene rings is 1. The predicted molar refractivity (Wildman–Crippen MR) is 99.8 cm³/mol. The SMILES string of the molecule is O=C(O)c1cccc(S(=O)(=O)N2CCC(CN3CCCCCC3)CC2)c1. The molecule has 3 rings (SSSR count). The molecule has 6 nitrogen and oxygen atoms in total. The van der Waals surface area contributed by atoms with Gasteiger partial charge in [0, 0.05) is 19.6 Å². The zero-order valence-electron chi connectivity index (χ0n) is 15.1. The van der Waals surface area contributed by atoms with E-state index in [1.54, 1.807) is 0 Å². The maximum atomic E-state index is 12.8. The summed E-state index contributed by atoms with van der Waals surface area (Å²) in [5.74, 6) is -0.567. The van der Waals surface area contributed by atoms with Crippen LogP contribution in [0.25, 0.3) is 0 Å².